The zero-order valence-corrected chi connectivity index (χ0v) is 14.5. The minimum atomic E-state index is -0.362. The molecule has 2 aromatic rings. The molecule has 0 bridgehead atoms. The van der Waals surface area contributed by atoms with Crippen LogP contribution in [-0.4, -0.2) is 33.4 Å². The molecule has 0 spiro atoms. The molecule has 1 atom stereocenters. The monoisotopic (exact) mass is 333 g/mol. The van der Waals surface area contributed by atoms with Gasteiger partial charge in [-0.25, -0.2) is 9.07 Å². The van der Waals surface area contributed by atoms with Crippen molar-refractivity contribution in [2.75, 3.05) is 6.61 Å². The van der Waals surface area contributed by atoms with E-state index in [1.54, 1.807) is 25.1 Å². The number of carbonyl (C=O) groups is 1. The molecule has 130 valence electrons. The van der Waals surface area contributed by atoms with Gasteiger partial charge >= 0.3 is 0 Å². The largest absolute Gasteiger partial charge is 0.394 e. The molecule has 0 fully saturated rings. The van der Waals surface area contributed by atoms with Gasteiger partial charge in [-0.15, -0.1) is 0 Å². The Labute approximate surface area is 141 Å². The van der Waals surface area contributed by atoms with Crippen molar-refractivity contribution in [1.29, 1.82) is 0 Å². The van der Waals surface area contributed by atoms with Gasteiger partial charge in [0.15, 0.2) is 5.69 Å². The van der Waals surface area contributed by atoms with Crippen LogP contribution in [-0.2, 0) is 0 Å². The van der Waals surface area contributed by atoms with Gasteiger partial charge in [-0.2, -0.15) is 5.10 Å². The van der Waals surface area contributed by atoms with Crippen LogP contribution >= 0.6 is 0 Å². The summed E-state index contributed by atoms with van der Waals surface area (Å²) >= 11 is 0. The Balaban J connectivity index is 2.18. The van der Waals surface area contributed by atoms with E-state index in [-0.39, 0.29) is 35.5 Å². The van der Waals surface area contributed by atoms with E-state index < -0.39 is 0 Å². The molecule has 1 heterocycles. The molecule has 0 aliphatic heterocycles. The Kier molecular flexibility index (Phi) is 5.39. The van der Waals surface area contributed by atoms with E-state index in [2.05, 4.69) is 10.4 Å². The van der Waals surface area contributed by atoms with Gasteiger partial charge in [0.25, 0.3) is 5.91 Å². The summed E-state index contributed by atoms with van der Waals surface area (Å²) in [6, 6.07) is 7.34. The molecule has 0 saturated heterocycles. The Bertz CT molecular complexity index is 719. The maximum absolute atomic E-state index is 13.4. The molecule has 0 aliphatic rings. The van der Waals surface area contributed by atoms with Gasteiger partial charge in [-0.1, -0.05) is 26.8 Å². The molecular formula is C18H24FN3O2. The van der Waals surface area contributed by atoms with E-state index in [4.69, 9.17) is 0 Å². The normalized spacial score (nSPS) is 12.9. The average molecular weight is 333 g/mol. The lowest BCUT2D eigenvalue weighted by atomic mass is 9.88. The SMILES string of the molecule is Cc1cc(C(=O)NC(CO)CC(C)(C)C)nn1-c1cccc(F)c1. The van der Waals surface area contributed by atoms with E-state index in [1.807, 2.05) is 20.8 Å². The van der Waals surface area contributed by atoms with Crippen molar-refractivity contribution in [2.24, 2.45) is 5.41 Å². The molecule has 0 aliphatic carbocycles. The molecule has 1 aromatic heterocycles. The van der Waals surface area contributed by atoms with Gasteiger partial charge in [0.05, 0.1) is 18.3 Å². The van der Waals surface area contributed by atoms with Gasteiger partial charge in [0, 0.05) is 5.69 Å². The smallest absolute Gasteiger partial charge is 0.272 e. The third kappa shape index (κ3) is 4.64. The third-order valence-corrected chi connectivity index (χ3v) is 3.59. The number of carbonyl (C=O) groups excluding carboxylic acids is 1. The maximum Gasteiger partial charge on any atom is 0.272 e. The number of aliphatic hydroxyl groups excluding tert-OH is 1. The van der Waals surface area contributed by atoms with Crippen molar-refractivity contribution >= 4 is 5.91 Å². The second-order valence-electron chi connectivity index (χ2n) is 7.18. The Morgan fingerprint density at radius 1 is 1.38 bits per heavy atom. The molecule has 24 heavy (non-hydrogen) atoms. The zero-order chi connectivity index (χ0) is 17.9. The van der Waals surface area contributed by atoms with Gasteiger partial charge in [-0.3, -0.25) is 4.79 Å². The number of nitrogens with one attached hydrogen (secondary N) is 1. The molecule has 6 heteroatoms. The van der Waals surface area contributed by atoms with E-state index >= 15 is 0 Å². The van der Waals surface area contributed by atoms with Crippen LogP contribution in [0.5, 0.6) is 0 Å². The van der Waals surface area contributed by atoms with Crippen LogP contribution in [0.2, 0.25) is 0 Å². The molecular weight excluding hydrogens is 309 g/mol. The van der Waals surface area contributed by atoms with E-state index in [9.17, 15) is 14.3 Å². The molecule has 0 saturated carbocycles. The first-order valence-electron chi connectivity index (χ1n) is 7.94. The van der Waals surface area contributed by atoms with Crippen LogP contribution in [0.15, 0.2) is 30.3 Å². The predicted molar refractivity (Wildman–Crippen MR) is 90.7 cm³/mol. The summed E-state index contributed by atoms with van der Waals surface area (Å²) in [5.74, 6) is -0.713. The Morgan fingerprint density at radius 2 is 2.08 bits per heavy atom. The van der Waals surface area contributed by atoms with E-state index in [0.29, 0.717) is 12.1 Å². The van der Waals surface area contributed by atoms with Crippen molar-refractivity contribution in [2.45, 2.75) is 40.2 Å². The maximum atomic E-state index is 13.4. The van der Waals surface area contributed by atoms with Gasteiger partial charge in [0.1, 0.15) is 5.82 Å². The number of aromatic nitrogens is 2. The number of aliphatic hydroxyl groups is 1. The fourth-order valence-corrected chi connectivity index (χ4v) is 2.61. The van der Waals surface area contributed by atoms with Crippen LogP contribution in [0.3, 0.4) is 0 Å². The van der Waals surface area contributed by atoms with Crippen molar-refractivity contribution in [3.63, 3.8) is 0 Å². The molecule has 1 aromatic carbocycles. The number of halogens is 1. The first-order chi connectivity index (χ1) is 11.2. The molecule has 5 nitrogen and oxygen atoms in total. The number of amides is 1. The lowest BCUT2D eigenvalue weighted by Gasteiger charge is -2.25. The fourth-order valence-electron chi connectivity index (χ4n) is 2.61. The highest BCUT2D eigenvalue weighted by atomic mass is 19.1. The van der Waals surface area contributed by atoms with E-state index in [0.717, 1.165) is 5.69 Å². The van der Waals surface area contributed by atoms with Crippen molar-refractivity contribution in [3.05, 3.63) is 47.5 Å². The molecule has 0 radical (unpaired) electrons. The molecule has 2 N–H and O–H groups in total. The van der Waals surface area contributed by atoms with Crippen molar-refractivity contribution in [1.82, 2.24) is 15.1 Å². The van der Waals surface area contributed by atoms with Crippen LogP contribution < -0.4 is 5.32 Å². The minimum Gasteiger partial charge on any atom is -0.394 e. The zero-order valence-electron chi connectivity index (χ0n) is 14.5. The standard InChI is InChI=1S/C18H24FN3O2/c1-12-8-16(17(24)20-14(11-23)10-18(2,3)4)21-22(12)15-7-5-6-13(19)9-15/h5-9,14,23H,10-11H2,1-4H3,(H,20,24). The molecule has 2 rings (SSSR count). The number of hydrogen-bond donors (Lipinski definition) is 2. The molecule has 1 amide bonds. The van der Waals surface area contributed by atoms with E-state index in [1.165, 1.54) is 16.8 Å². The van der Waals surface area contributed by atoms with Crippen LogP contribution in [0.1, 0.15) is 43.4 Å². The quantitative estimate of drug-likeness (QED) is 0.884. The van der Waals surface area contributed by atoms with Gasteiger partial charge in [-0.05, 0) is 43.0 Å². The van der Waals surface area contributed by atoms with Crippen LogP contribution in [0.4, 0.5) is 4.39 Å². The Morgan fingerprint density at radius 3 is 2.67 bits per heavy atom. The van der Waals surface area contributed by atoms with Crippen molar-refractivity contribution < 1.29 is 14.3 Å². The number of nitrogens with zero attached hydrogens (tertiary/aromatic N) is 2. The Hall–Kier alpha value is -2.21. The number of rotatable bonds is 5. The van der Waals surface area contributed by atoms with Crippen LogP contribution in [0, 0.1) is 18.2 Å². The molecule has 1 unspecified atom stereocenters. The summed E-state index contributed by atoms with van der Waals surface area (Å²) in [6.45, 7) is 7.81. The summed E-state index contributed by atoms with van der Waals surface area (Å²) in [6.07, 6.45) is 0.652. The van der Waals surface area contributed by atoms with Crippen molar-refractivity contribution in [3.8, 4) is 5.69 Å². The number of benzene rings is 1. The highest BCUT2D eigenvalue weighted by Gasteiger charge is 2.22. The minimum absolute atomic E-state index is 0.0164. The summed E-state index contributed by atoms with van der Waals surface area (Å²) in [5.41, 5.74) is 1.50. The first-order valence-corrected chi connectivity index (χ1v) is 7.94. The summed E-state index contributed by atoms with van der Waals surface area (Å²) in [4.78, 5) is 12.4. The summed E-state index contributed by atoms with van der Waals surface area (Å²) in [5, 5.41) is 16.5. The lowest BCUT2D eigenvalue weighted by Crippen LogP contribution is -2.40. The predicted octanol–water partition coefficient (Wildman–Crippen LogP) is 2.85. The summed E-state index contributed by atoms with van der Waals surface area (Å²) < 4.78 is 14.9. The highest BCUT2D eigenvalue weighted by Crippen LogP contribution is 2.21. The number of hydrogen-bond acceptors (Lipinski definition) is 3. The third-order valence-electron chi connectivity index (χ3n) is 3.59. The first kappa shape index (κ1) is 18.1. The summed E-state index contributed by atoms with van der Waals surface area (Å²) in [7, 11) is 0. The number of aryl methyl sites for hydroxylation is 1. The van der Waals surface area contributed by atoms with Gasteiger partial charge < -0.3 is 10.4 Å². The van der Waals surface area contributed by atoms with Crippen LogP contribution in [0.25, 0.3) is 5.69 Å². The topological polar surface area (TPSA) is 67.2 Å². The second-order valence-corrected chi connectivity index (χ2v) is 7.18. The lowest BCUT2D eigenvalue weighted by molar-refractivity contribution is 0.0892. The highest BCUT2D eigenvalue weighted by molar-refractivity contribution is 5.92. The second kappa shape index (κ2) is 7.13. The average Bonchev–Trinajstić information content (AvgIpc) is 2.87. The fraction of sp³-hybridized carbons (Fsp3) is 0.444. The van der Waals surface area contributed by atoms with Gasteiger partial charge in [0.2, 0.25) is 0 Å².